The Morgan fingerprint density at radius 1 is 1.07 bits per heavy atom. The monoisotopic (exact) mass is 409 g/mol. The molecule has 7 nitrogen and oxygen atoms in total. The number of hydrogen-bond donors (Lipinski definition) is 2. The number of rotatable bonds is 4. The van der Waals surface area contributed by atoms with Crippen molar-refractivity contribution in [3.63, 3.8) is 0 Å². The van der Waals surface area contributed by atoms with Crippen molar-refractivity contribution in [2.75, 3.05) is 36.9 Å². The van der Waals surface area contributed by atoms with E-state index in [2.05, 4.69) is 10.6 Å². The Bertz CT molecular complexity index is 943. The summed E-state index contributed by atoms with van der Waals surface area (Å²) in [6.45, 7) is 3.14. The second kappa shape index (κ2) is 8.26. The highest BCUT2D eigenvalue weighted by atomic mass is 35.5. The summed E-state index contributed by atoms with van der Waals surface area (Å²) in [7, 11) is -3.77. The number of carbonyl (C=O) groups excluding carboxylic acids is 1. The van der Waals surface area contributed by atoms with Gasteiger partial charge in [-0.15, -0.1) is 0 Å². The lowest BCUT2D eigenvalue weighted by molar-refractivity contribution is 0.0730. The van der Waals surface area contributed by atoms with E-state index < -0.39 is 16.1 Å². The first kappa shape index (κ1) is 19.6. The number of hydrogen-bond acceptors (Lipinski definition) is 4. The largest absolute Gasteiger partial charge is 0.379 e. The highest BCUT2D eigenvalue weighted by molar-refractivity contribution is 7.89. The smallest absolute Gasteiger partial charge is 0.323 e. The van der Waals surface area contributed by atoms with Crippen molar-refractivity contribution in [3.8, 4) is 0 Å². The van der Waals surface area contributed by atoms with Gasteiger partial charge >= 0.3 is 6.03 Å². The third-order valence-corrected chi connectivity index (χ3v) is 6.43. The number of aryl methyl sites for hydroxylation is 1. The molecule has 0 atom stereocenters. The Balaban J connectivity index is 1.77. The molecule has 2 aromatic rings. The Labute approximate surface area is 163 Å². The molecule has 0 aliphatic carbocycles. The molecule has 2 amide bonds. The van der Waals surface area contributed by atoms with Crippen molar-refractivity contribution < 1.29 is 17.9 Å². The van der Waals surface area contributed by atoms with E-state index in [1.807, 2.05) is 25.1 Å². The Morgan fingerprint density at radius 2 is 1.74 bits per heavy atom. The van der Waals surface area contributed by atoms with Gasteiger partial charge in [0.15, 0.2) is 0 Å². The molecule has 2 aromatic carbocycles. The molecule has 0 unspecified atom stereocenters. The first-order chi connectivity index (χ1) is 12.9. The maximum absolute atomic E-state index is 12.8. The minimum atomic E-state index is -3.77. The third kappa shape index (κ3) is 4.78. The zero-order valence-corrected chi connectivity index (χ0v) is 16.3. The van der Waals surface area contributed by atoms with Crippen molar-refractivity contribution in [2.45, 2.75) is 11.8 Å². The number of morpholine rings is 1. The van der Waals surface area contributed by atoms with Crippen LogP contribution < -0.4 is 10.6 Å². The van der Waals surface area contributed by atoms with Crippen molar-refractivity contribution in [1.29, 1.82) is 0 Å². The molecular formula is C18H20ClN3O4S. The molecule has 3 rings (SSSR count). The first-order valence-electron chi connectivity index (χ1n) is 8.38. The molecular weight excluding hydrogens is 390 g/mol. The van der Waals surface area contributed by atoms with E-state index in [9.17, 15) is 13.2 Å². The minimum Gasteiger partial charge on any atom is -0.379 e. The van der Waals surface area contributed by atoms with E-state index in [1.54, 1.807) is 12.1 Å². The summed E-state index contributed by atoms with van der Waals surface area (Å²) in [5.74, 6) is 0. The van der Waals surface area contributed by atoms with Gasteiger partial charge in [-0.2, -0.15) is 4.31 Å². The van der Waals surface area contributed by atoms with E-state index in [-0.39, 0.29) is 23.0 Å². The zero-order valence-electron chi connectivity index (χ0n) is 14.7. The number of nitrogens with one attached hydrogen (secondary N) is 2. The molecule has 1 fully saturated rings. The van der Waals surface area contributed by atoms with Gasteiger partial charge in [-0.05, 0) is 42.8 Å². The third-order valence-electron chi connectivity index (χ3n) is 4.05. The van der Waals surface area contributed by atoms with Crippen LogP contribution in [0.1, 0.15) is 5.56 Å². The Kier molecular flexibility index (Phi) is 6.01. The number of sulfonamides is 1. The summed E-state index contributed by atoms with van der Waals surface area (Å²) >= 11 is 6.12. The zero-order chi connectivity index (χ0) is 19.4. The molecule has 0 aromatic heterocycles. The fourth-order valence-electron chi connectivity index (χ4n) is 2.72. The molecule has 0 saturated carbocycles. The number of ether oxygens (including phenoxy) is 1. The molecule has 0 spiro atoms. The quantitative estimate of drug-likeness (QED) is 0.810. The SMILES string of the molecule is Cc1cccc(NC(=O)Nc2ccc(Cl)c(S(=O)(=O)N3CCOCC3)c2)c1. The van der Waals surface area contributed by atoms with Crippen LogP contribution in [0.2, 0.25) is 5.02 Å². The first-order valence-corrected chi connectivity index (χ1v) is 10.2. The molecule has 1 aliphatic rings. The second-order valence-corrected chi connectivity index (χ2v) is 8.42. The van der Waals surface area contributed by atoms with Gasteiger partial charge < -0.3 is 15.4 Å². The highest BCUT2D eigenvalue weighted by Crippen LogP contribution is 2.28. The maximum Gasteiger partial charge on any atom is 0.323 e. The summed E-state index contributed by atoms with van der Waals surface area (Å²) in [6.07, 6.45) is 0. The normalized spacial score (nSPS) is 15.3. The minimum absolute atomic E-state index is 0.0422. The summed E-state index contributed by atoms with van der Waals surface area (Å²) in [5, 5.41) is 5.45. The standard InChI is InChI=1S/C18H20ClN3O4S/c1-13-3-2-4-14(11-13)20-18(23)21-15-5-6-16(19)17(12-15)27(24,25)22-7-9-26-10-8-22/h2-6,11-12H,7-10H2,1H3,(H2,20,21,23). The van der Waals surface area contributed by atoms with E-state index in [1.165, 1.54) is 16.4 Å². The molecule has 0 radical (unpaired) electrons. The van der Waals surface area contributed by atoms with Crippen molar-refractivity contribution in [2.24, 2.45) is 0 Å². The van der Waals surface area contributed by atoms with Crippen LogP contribution in [0.25, 0.3) is 0 Å². The fraction of sp³-hybridized carbons (Fsp3) is 0.278. The van der Waals surface area contributed by atoms with Crippen molar-refractivity contribution >= 4 is 39.0 Å². The number of halogens is 1. The van der Waals surface area contributed by atoms with Gasteiger partial charge in [-0.1, -0.05) is 23.7 Å². The highest BCUT2D eigenvalue weighted by Gasteiger charge is 2.28. The van der Waals surface area contributed by atoms with E-state index >= 15 is 0 Å². The van der Waals surface area contributed by atoms with Crippen molar-refractivity contribution in [3.05, 3.63) is 53.1 Å². The van der Waals surface area contributed by atoms with Gasteiger partial charge in [0.2, 0.25) is 10.0 Å². The summed E-state index contributed by atoms with van der Waals surface area (Å²) in [5.41, 5.74) is 1.98. The van der Waals surface area contributed by atoms with Crippen LogP contribution in [-0.2, 0) is 14.8 Å². The number of anilines is 2. The number of carbonyl (C=O) groups is 1. The number of nitrogens with zero attached hydrogens (tertiary/aromatic N) is 1. The molecule has 1 heterocycles. The molecule has 0 bridgehead atoms. The molecule has 9 heteroatoms. The lowest BCUT2D eigenvalue weighted by atomic mass is 10.2. The van der Waals surface area contributed by atoms with Gasteiger partial charge in [0.1, 0.15) is 4.90 Å². The Hall–Kier alpha value is -2.13. The predicted molar refractivity (Wildman–Crippen MR) is 105 cm³/mol. The topological polar surface area (TPSA) is 87.7 Å². The van der Waals surface area contributed by atoms with Crippen LogP contribution in [0.4, 0.5) is 16.2 Å². The van der Waals surface area contributed by atoms with Gasteiger partial charge in [0, 0.05) is 24.5 Å². The van der Waals surface area contributed by atoms with Crippen LogP contribution in [0.15, 0.2) is 47.4 Å². The lowest BCUT2D eigenvalue weighted by Crippen LogP contribution is -2.40. The van der Waals surface area contributed by atoms with Crippen LogP contribution in [0, 0.1) is 6.92 Å². The average molecular weight is 410 g/mol. The van der Waals surface area contributed by atoms with Gasteiger partial charge in [-0.3, -0.25) is 0 Å². The molecule has 144 valence electrons. The van der Waals surface area contributed by atoms with Gasteiger partial charge in [0.05, 0.1) is 18.2 Å². The van der Waals surface area contributed by atoms with Crippen LogP contribution in [0.3, 0.4) is 0 Å². The molecule has 1 aliphatic heterocycles. The van der Waals surface area contributed by atoms with E-state index in [0.717, 1.165) is 5.56 Å². The summed E-state index contributed by atoms with van der Waals surface area (Å²) < 4.78 is 32.2. The Morgan fingerprint density at radius 3 is 2.41 bits per heavy atom. The summed E-state index contributed by atoms with van der Waals surface area (Å²) in [4.78, 5) is 12.2. The van der Waals surface area contributed by atoms with Crippen LogP contribution in [-0.4, -0.2) is 45.1 Å². The average Bonchev–Trinajstić information content (AvgIpc) is 2.64. The summed E-state index contributed by atoms with van der Waals surface area (Å²) in [6, 6.07) is 11.2. The lowest BCUT2D eigenvalue weighted by Gasteiger charge is -2.26. The second-order valence-electron chi connectivity index (χ2n) is 6.11. The van der Waals surface area contributed by atoms with Crippen LogP contribution >= 0.6 is 11.6 Å². The molecule has 2 N–H and O–H groups in total. The number of benzene rings is 2. The number of urea groups is 1. The van der Waals surface area contributed by atoms with Crippen LogP contribution in [0.5, 0.6) is 0 Å². The van der Waals surface area contributed by atoms with Gasteiger partial charge in [0.25, 0.3) is 0 Å². The van der Waals surface area contributed by atoms with E-state index in [0.29, 0.717) is 24.6 Å². The fourth-order valence-corrected chi connectivity index (χ4v) is 4.63. The van der Waals surface area contributed by atoms with E-state index in [4.69, 9.17) is 16.3 Å². The predicted octanol–water partition coefficient (Wildman–Crippen LogP) is 3.31. The van der Waals surface area contributed by atoms with Gasteiger partial charge in [-0.25, -0.2) is 13.2 Å². The number of amides is 2. The van der Waals surface area contributed by atoms with Crippen molar-refractivity contribution in [1.82, 2.24) is 4.31 Å². The maximum atomic E-state index is 12.8. The molecule has 27 heavy (non-hydrogen) atoms. The molecule has 1 saturated heterocycles.